The van der Waals surface area contributed by atoms with Gasteiger partial charge in [0.15, 0.2) is 0 Å². The molecule has 0 unspecified atom stereocenters. The van der Waals surface area contributed by atoms with E-state index in [9.17, 15) is 10.1 Å². The fourth-order valence-corrected chi connectivity index (χ4v) is 0.434. The van der Waals surface area contributed by atoms with Crippen molar-refractivity contribution in [2.24, 2.45) is 0 Å². The summed E-state index contributed by atoms with van der Waals surface area (Å²) >= 11 is 0. The summed E-state index contributed by atoms with van der Waals surface area (Å²) in [5.74, 6) is 0.0324. The lowest BCUT2D eigenvalue weighted by molar-refractivity contribution is -0.389. The number of nitrogens with zero attached hydrogens (tertiary/aromatic N) is 1. The van der Waals surface area contributed by atoms with Gasteiger partial charge in [-0.2, -0.15) is 0 Å². The van der Waals surface area contributed by atoms with Crippen molar-refractivity contribution < 1.29 is 10.0 Å². The van der Waals surface area contributed by atoms with E-state index in [1.54, 1.807) is 6.07 Å². The Labute approximate surface area is 70.2 Å². The van der Waals surface area contributed by atoms with E-state index in [1.807, 2.05) is 6.92 Å². The van der Waals surface area contributed by atoms with Crippen LogP contribution in [0.5, 0.6) is 0 Å². The molecule has 0 saturated carbocycles. The van der Waals surface area contributed by atoms with Gasteiger partial charge in [0.05, 0.1) is 6.20 Å². The van der Waals surface area contributed by atoms with E-state index in [0.717, 1.165) is 6.42 Å². The molecule has 2 N–H and O–H groups in total. The van der Waals surface area contributed by atoms with Crippen molar-refractivity contribution in [3.8, 4) is 0 Å². The van der Waals surface area contributed by atoms with Gasteiger partial charge in [-0.3, -0.25) is 0 Å². The predicted molar refractivity (Wildman–Crippen MR) is 44.8 cm³/mol. The molecule has 0 aromatic carbocycles. The minimum atomic E-state index is -0.472. The van der Waals surface area contributed by atoms with Crippen LogP contribution in [0, 0.1) is 10.1 Å². The van der Waals surface area contributed by atoms with Gasteiger partial charge >= 0.3 is 5.82 Å². The SMILES string of the molecule is CCCO.O=[N+]([O-])c1ccc[nH]1. The average molecular weight is 172 g/mol. The number of hydrogen-bond donors (Lipinski definition) is 2. The number of aromatic amines is 1. The Balaban J connectivity index is 0.000000261. The van der Waals surface area contributed by atoms with Gasteiger partial charge in [0, 0.05) is 12.7 Å². The fraction of sp³-hybridized carbons (Fsp3) is 0.429. The summed E-state index contributed by atoms with van der Waals surface area (Å²) in [6, 6.07) is 2.98. The Morgan fingerprint density at radius 3 is 2.50 bits per heavy atom. The highest BCUT2D eigenvalue weighted by Gasteiger charge is 1.97. The van der Waals surface area contributed by atoms with Crippen LogP contribution < -0.4 is 0 Å². The molecule has 1 rings (SSSR count). The maximum Gasteiger partial charge on any atom is 0.320 e. The first-order valence-electron chi connectivity index (χ1n) is 3.61. The van der Waals surface area contributed by atoms with Gasteiger partial charge in [-0.05, 0) is 17.4 Å². The molecule has 12 heavy (non-hydrogen) atoms. The predicted octanol–water partition coefficient (Wildman–Crippen LogP) is 1.31. The van der Waals surface area contributed by atoms with Crippen molar-refractivity contribution in [3.05, 3.63) is 28.4 Å². The lowest BCUT2D eigenvalue weighted by atomic mass is 10.5. The Morgan fingerprint density at radius 1 is 1.75 bits per heavy atom. The second-order valence-corrected chi connectivity index (χ2v) is 2.04. The van der Waals surface area contributed by atoms with E-state index in [4.69, 9.17) is 5.11 Å². The van der Waals surface area contributed by atoms with E-state index >= 15 is 0 Å². The molecule has 0 amide bonds. The second kappa shape index (κ2) is 6.36. The van der Waals surface area contributed by atoms with Gasteiger partial charge in [-0.1, -0.05) is 6.92 Å². The zero-order valence-electron chi connectivity index (χ0n) is 6.86. The Morgan fingerprint density at radius 2 is 2.33 bits per heavy atom. The Kier molecular flexibility index (Phi) is 5.64. The number of aromatic nitrogens is 1. The third-order valence-electron chi connectivity index (χ3n) is 1.00. The molecular weight excluding hydrogens is 160 g/mol. The molecule has 1 heterocycles. The first-order chi connectivity index (χ1) is 5.72. The average Bonchev–Trinajstić information content (AvgIpc) is 2.57. The van der Waals surface area contributed by atoms with Gasteiger partial charge in [-0.25, -0.2) is 4.98 Å². The van der Waals surface area contributed by atoms with E-state index < -0.39 is 4.92 Å². The van der Waals surface area contributed by atoms with Crippen LogP contribution in [0.1, 0.15) is 13.3 Å². The molecule has 0 saturated heterocycles. The highest BCUT2D eigenvalue weighted by atomic mass is 16.6. The van der Waals surface area contributed by atoms with Gasteiger partial charge in [0.25, 0.3) is 0 Å². The molecular formula is C7H12N2O3. The zero-order chi connectivity index (χ0) is 9.40. The molecule has 5 nitrogen and oxygen atoms in total. The molecule has 1 aromatic rings. The van der Waals surface area contributed by atoms with Gasteiger partial charge in [-0.15, -0.1) is 0 Å². The summed E-state index contributed by atoms with van der Waals surface area (Å²) in [5.41, 5.74) is 0. The number of nitro groups is 1. The van der Waals surface area contributed by atoms with Crippen LogP contribution in [0.2, 0.25) is 0 Å². The molecule has 5 heteroatoms. The lowest BCUT2D eigenvalue weighted by Crippen LogP contribution is -1.85. The number of nitrogens with one attached hydrogen (secondary N) is 1. The fourth-order valence-electron chi connectivity index (χ4n) is 0.434. The quantitative estimate of drug-likeness (QED) is 0.521. The standard InChI is InChI=1S/C4H4N2O2.C3H8O/c7-6(8)4-2-1-3-5-4;1-2-3-4/h1-3,5H;4H,2-3H2,1H3. The number of hydrogen-bond acceptors (Lipinski definition) is 3. The van der Waals surface area contributed by atoms with E-state index in [0.29, 0.717) is 6.61 Å². The first kappa shape index (κ1) is 10.6. The van der Waals surface area contributed by atoms with Gasteiger partial charge < -0.3 is 15.2 Å². The zero-order valence-corrected chi connectivity index (χ0v) is 6.86. The lowest BCUT2D eigenvalue weighted by Gasteiger charge is -1.84. The van der Waals surface area contributed by atoms with Crippen molar-refractivity contribution in [1.82, 2.24) is 4.98 Å². The highest BCUT2D eigenvalue weighted by molar-refractivity contribution is 5.17. The minimum absolute atomic E-state index is 0.0324. The maximum atomic E-state index is 9.84. The smallest absolute Gasteiger partial charge is 0.320 e. The van der Waals surface area contributed by atoms with Crippen LogP contribution >= 0.6 is 0 Å². The topological polar surface area (TPSA) is 79.2 Å². The van der Waals surface area contributed by atoms with E-state index in [2.05, 4.69) is 4.98 Å². The van der Waals surface area contributed by atoms with Crippen LogP contribution in [0.3, 0.4) is 0 Å². The molecule has 0 aliphatic heterocycles. The summed E-state index contributed by atoms with van der Waals surface area (Å²) in [5, 5.41) is 17.7. The normalized spacial score (nSPS) is 8.50. The number of rotatable bonds is 2. The van der Waals surface area contributed by atoms with Crippen molar-refractivity contribution in [2.75, 3.05) is 6.61 Å². The van der Waals surface area contributed by atoms with Crippen molar-refractivity contribution in [1.29, 1.82) is 0 Å². The third kappa shape index (κ3) is 4.45. The summed E-state index contributed by atoms with van der Waals surface area (Å²) in [4.78, 5) is 11.8. The molecule has 0 aliphatic rings. The van der Waals surface area contributed by atoms with Crippen LogP contribution in [-0.2, 0) is 0 Å². The molecule has 0 bridgehead atoms. The summed E-state index contributed by atoms with van der Waals surface area (Å²) < 4.78 is 0. The van der Waals surface area contributed by atoms with Crippen LogP contribution in [0.4, 0.5) is 5.82 Å². The second-order valence-electron chi connectivity index (χ2n) is 2.04. The minimum Gasteiger partial charge on any atom is -0.396 e. The molecule has 0 aliphatic carbocycles. The van der Waals surface area contributed by atoms with Crippen LogP contribution in [0.25, 0.3) is 0 Å². The largest absolute Gasteiger partial charge is 0.396 e. The molecule has 0 radical (unpaired) electrons. The summed E-state index contributed by atoms with van der Waals surface area (Å²) in [7, 11) is 0. The summed E-state index contributed by atoms with van der Waals surface area (Å²) in [6.45, 7) is 2.25. The summed E-state index contributed by atoms with van der Waals surface area (Å²) in [6.07, 6.45) is 2.39. The molecule has 68 valence electrons. The maximum absolute atomic E-state index is 9.84. The van der Waals surface area contributed by atoms with E-state index in [-0.39, 0.29) is 5.82 Å². The monoisotopic (exact) mass is 172 g/mol. The number of aliphatic hydroxyl groups is 1. The molecule has 0 spiro atoms. The molecule has 0 atom stereocenters. The van der Waals surface area contributed by atoms with Crippen LogP contribution in [-0.4, -0.2) is 21.6 Å². The van der Waals surface area contributed by atoms with Crippen LogP contribution in [0.15, 0.2) is 18.3 Å². The van der Waals surface area contributed by atoms with Crippen molar-refractivity contribution in [2.45, 2.75) is 13.3 Å². The Hall–Kier alpha value is -1.36. The number of aliphatic hydroxyl groups excluding tert-OH is 1. The van der Waals surface area contributed by atoms with Gasteiger partial charge in [0.1, 0.15) is 0 Å². The highest BCUT2D eigenvalue weighted by Crippen LogP contribution is 2.02. The van der Waals surface area contributed by atoms with Crippen molar-refractivity contribution in [3.63, 3.8) is 0 Å². The molecule has 1 aromatic heterocycles. The first-order valence-corrected chi connectivity index (χ1v) is 3.61. The van der Waals surface area contributed by atoms with Crippen molar-refractivity contribution >= 4 is 5.82 Å². The Bertz CT molecular complexity index is 206. The number of H-pyrrole nitrogens is 1. The molecule has 0 fully saturated rings. The van der Waals surface area contributed by atoms with Gasteiger partial charge in [0.2, 0.25) is 0 Å². The van der Waals surface area contributed by atoms with E-state index in [1.165, 1.54) is 12.3 Å². The third-order valence-corrected chi connectivity index (χ3v) is 1.00.